The molecule has 0 heterocycles. The number of hydrogen-bond donors (Lipinski definition) is 2. The van der Waals surface area contributed by atoms with Crippen molar-refractivity contribution in [2.24, 2.45) is 5.41 Å². The molecule has 4 nitrogen and oxygen atoms in total. The van der Waals surface area contributed by atoms with Crippen LogP contribution >= 0.6 is 15.9 Å². The summed E-state index contributed by atoms with van der Waals surface area (Å²) in [6.07, 6.45) is 4.80. The molecule has 0 saturated carbocycles. The van der Waals surface area contributed by atoms with Crippen LogP contribution < -0.4 is 0 Å². The number of allylic oxidation sites excluding steroid dienone is 2. The lowest BCUT2D eigenvalue weighted by Gasteiger charge is -2.41. The lowest BCUT2D eigenvalue weighted by molar-refractivity contribution is -0.141. The van der Waals surface area contributed by atoms with Crippen LogP contribution in [-0.2, 0) is 9.59 Å². The molecule has 2 unspecified atom stereocenters. The van der Waals surface area contributed by atoms with Gasteiger partial charge >= 0.3 is 11.9 Å². The lowest BCUT2D eigenvalue weighted by atomic mass is 9.67. The number of halogens is 1. The average Bonchev–Trinajstić information content (AvgIpc) is 2.21. The summed E-state index contributed by atoms with van der Waals surface area (Å²) in [5, 5.41) is 18.3. The first kappa shape index (κ1) is 13.0. The maximum Gasteiger partial charge on any atom is 0.332 e. The van der Waals surface area contributed by atoms with E-state index in [0.717, 1.165) is 0 Å². The fourth-order valence-corrected chi connectivity index (χ4v) is 2.55. The Morgan fingerprint density at radius 2 is 2.00 bits per heavy atom. The second-order valence-corrected chi connectivity index (χ2v) is 5.20. The van der Waals surface area contributed by atoms with Gasteiger partial charge in [-0.2, -0.15) is 0 Å². The minimum Gasteiger partial charge on any atom is -0.480 e. The molecule has 88 valence electrons. The van der Waals surface area contributed by atoms with E-state index in [4.69, 9.17) is 5.11 Å². The molecular formula is C11H13BrO4. The first-order valence-electron chi connectivity index (χ1n) is 4.85. The number of hydrogen-bond acceptors (Lipinski definition) is 2. The van der Waals surface area contributed by atoms with Crippen LogP contribution in [0.5, 0.6) is 0 Å². The first-order valence-corrected chi connectivity index (χ1v) is 5.64. The van der Waals surface area contributed by atoms with Crippen molar-refractivity contribution < 1.29 is 19.8 Å². The van der Waals surface area contributed by atoms with E-state index >= 15 is 0 Å². The molecule has 0 radical (unpaired) electrons. The van der Waals surface area contributed by atoms with Gasteiger partial charge < -0.3 is 10.2 Å². The van der Waals surface area contributed by atoms with Crippen LogP contribution in [-0.4, -0.2) is 26.5 Å². The van der Waals surface area contributed by atoms with Crippen molar-refractivity contribution in [2.45, 2.75) is 24.6 Å². The lowest BCUT2D eigenvalue weighted by Crippen LogP contribution is -2.49. The Balaban J connectivity index is 3.39. The quantitative estimate of drug-likeness (QED) is 0.781. The summed E-state index contributed by atoms with van der Waals surface area (Å²) in [7, 11) is 0. The topological polar surface area (TPSA) is 74.6 Å². The molecule has 1 rings (SSSR count). The van der Waals surface area contributed by atoms with Gasteiger partial charge in [-0.15, -0.1) is 0 Å². The van der Waals surface area contributed by atoms with Gasteiger partial charge in [-0.25, -0.2) is 4.79 Å². The highest BCUT2D eigenvalue weighted by Crippen LogP contribution is 2.50. The molecule has 1 aliphatic rings. The molecule has 0 saturated heterocycles. The van der Waals surface area contributed by atoms with Crippen LogP contribution in [0.2, 0.25) is 0 Å². The highest BCUT2D eigenvalue weighted by molar-refractivity contribution is 9.10. The van der Waals surface area contributed by atoms with Crippen LogP contribution in [0.3, 0.4) is 0 Å². The predicted molar refractivity (Wildman–Crippen MR) is 62.6 cm³/mol. The Morgan fingerprint density at radius 3 is 2.38 bits per heavy atom. The number of carboxylic acids is 2. The highest BCUT2D eigenvalue weighted by atomic mass is 79.9. The fourth-order valence-electron chi connectivity index (χ4n) is 1.90. The van der Waals surface area contributed by atoms with Gasteiger partial charge in [0, 0.05) is 11.0 Å². The van der Waals surface area contributed by atoms with E-state index in [1.165, 1.54) is 18.2 Å². The van der Waals surface area contributed by atoms with Crippen molar-refractivity contribution in [2.75, 3.05) is 0 Å². The third-order valence-corrected chi connectivity index (χ3v) is 4.71. The molecular weight excluding hydrogens is 276 g/mol. The Kier molecular flexibility index (Phi) is 3.28. The summed E-state index contributed by atoms with van der Waals surface area (Å²) in [4.78, 5) is 22.4. The maximum atomic E-state index is 11.3. The van der Waals surface area contributed by atoms with Crippen molar-refractivity contribution >= 4 is 27.9 Å². The SMILES string of the molecule is CCC1(C)C(C(=O)O)=CC=CC1(Br)C(=O)O. The number of carboxylic acid groups (broad SMARTS) is 2. The maximum absolute atomic E-state index is 11.3. The zero-order valence-corrected chi connectivity index (χ0v) is 10.6. The van der Waals surface area contributed by atoms with Gasteiger partial charge in [0.1, 0.15) is 0 Å². The largest absolute Gasteiger partial charge is 0.480 e. The van der Waals surface area contributed by atoms with E-state index in [0.29, 0.717) is 6.42 Å². The summed E-state index contributed by atoms with van der Waals surface area (Å²) in [6.45, 7) is 3.41. The molecule has 5 heteroatoms. The zero-order valence-electron chi connectivity index (χ0n) is 9.03. The Hall–Kier alpha value is -1.10. The smallest absolute Gasteiger partial charge is 0.332 e. The molecule has 0 fully saturated rings. The molecule has 0 aliphatic heterocycles. The third kappa shape index (κ3) is 1.59. The number of alkyl halides is 1. The van der Waals surface area contributed by atoms with Crippen LogP contribution in [0.4, 0.5) is 0 Å². The van der Waals surface area contributed by atoms with Crippen molar-refractivity contribution in [3.63, 3.8) is 0 Å². The van der Waals surface area contributed by atoms with E-state index in [9.17, 15) is 14.7 Å². The van der Waals surface area contributed by atoms with Crippen LogP contribution in [0.15, 0.2) is 23.8 Å². The summed E-state index contributed by atoms with van der Waals surface area (Å²) < 4.78 is -1.36. The normalized spacial score (nSPS) is 33.3. The Morgan fingerprint density at radius 1 is 1.44 bits per heavy atom. The van der Waals surface area contributed by atoms with Crippen molar-refractivity contribution in [1.82, 2.24) is 0 Å². The van der Waals surface area contributed by atoms with Crippen molar-refractivity contribution in [1.29, 1.82) is 0 Å². The summed E-state index contributed by atoms with van der Waals surface area (Å²) in [6, 6.07) is 0. The first-order chi connectivity index (χ1) is 7.29. The highest BCUT2D eigenvalue weighted by Gasteiger charge is 2.54. The van der Waals surface area contributed by atoms with Gasteiger partial charge in [0.15, 0.2) is 4.32 Å². The molecule has 0 bridgehead atoms. The third-order valence-electron chi connectivity index (χ3n) is 3.23. The minimum absolute atomic E-state index is 0.108. The van der Waals surface area contributed by atoms with Gasteiger partial charge in [-0.05, 0) is 6.42 Å². The van der Waals surface area contributed by atoms with E-state index in [2.05, 4.69) is 15.9 Å². The monoisotopic (exact) mass is 288 g/mol. The van der Waals surface area contributed by atoms with Crippen LogP contribution in [0.1, 0.15) is 20.3 Å². The number of aliphatic carboxylic acids is 2. The zero-order chi connectivity index (χ0) is 12.6. The predicted octanol–water partition coefficient (Wildman–Crippen LogP) is 2.20. The second-order valence-electron chi connectivity index (χ2n) is 3.95. The van der Waals surface area contributed by atoms with Crippen LogP contribution in [0.25, 0.3) is 0 Å². The van der Waals surface area contributed by atoms with E-state index in [-0.39, 0.29) is 5.57 Å². The summed E-state index contributed by atoms with van der Waals surface area (Å²) in [5.41, 5.74) is -0.865. The molecule has 2 atom stereocenters. The van der Waals surface area contributed by atoms with E-state index in [1.54, 1.807) is 13.8 Å². The van der Waals surface area contributed by atoms with Crippen molar-refractivity contribution in [3.8, 4) is 0 Å². The molecule has 16 heavy (non-hydrogen) atoms. The number of rotatable bonds is 3. The molecule has 0 amide bonds. The van der Waals surface area contributed by atoms with Gasteiger partial charge in [-0.1, -0.05) is 48.0 Å². The minimum atomic E-state index is -1.36. The van der Waals surface area contributed by atoms with Crippen molar-refractivity contribution in [3.05, 3.63) is 23.8 Å². The Bertz CT molecular complexity index is 399. The average molecular weight is 289 g/mol. The Labute approximate surface area is 102 Å². The standard InChI is InChI=1S/C11H13BrO4/c1-3-10(2)7(8(13)14)5-4-6-11(10,12)9(15)16/h4-6H,3H2,1-2H3,(H,13,14)(H,15,16). The van der Waals surface area contributed by atoms with Gasteiger partial charge in [0.25, 0.3) is 0 Å². The van der Waals surface area contributed by atoms with Gasteiger partial charge in [-0.3, -0.25) is 4.79 Å². The fraction of sp³-hybridized carbons (Fsp3) is 0.455. The molecule has 2 N–H and O–H groups in total. The molecule has 0 spiro atoms. The summed E-state index contributed by atoms with van der Waals surface area (Å²) >= 11 is 3.16. The molecule has 0 aromatic heterocycles. The van der Waals surface area contributed by atoms with E-state index in [1.807, 2.05) is 0 Å². The number of carbonyl (C=O) groups is 2. The second kappa shape index (κ2) is 4.05. The molecule has 0 aromatic carbocycles. The van der Waals surface area contributed by atoms with Crippen LogP contribution in [0, 0.1) is 5.41 Å². The van der Waals surface area contributed by atoms with Gasteiger partial charge in [0.05, 0.1) is 0 Å². The van der Waals surface area contributed by atoms with Gasteiger partial charge in [0.2, 0.25) is 0 Å². The molecule has 0 aromatic rings. The molecule has 1 aliphatic carbocycles. The van der Waals surface area contributed by atoms with E-state index < -0.39 is 21.7 Å². The summed E-state index contributed by atoms with van der Waals surface area (Å²) in [5.74, 6) is -2.17.